The van der Waals surface area contributed by atoms with Gasteiger partial charge in [-0.15, -0.1) is 0 Å². The van der Waals surface area contributed by atoms with Gasteiger partial charge in [0.1, 0.15) is 29.9 Å². The highest BCUT2D eigenvalue weighted by molar-refractivity contribution is 7.99. The lowest BCUT2D eigenvalue weighted by atomic mass is 10.00. The lowest BCUT2D eigenvalue weighted by Gasteiger charge is -2.39. The Hall–Kier alpha value is -7.70. The average molecular weight is 1150 g/mol. The first-order chi connectivity index (χ1) is 37.3. The van der Waals surface area contributed by atoms with E-state index in [-0.39, 0.29) is 11.8 Å². The van der Waals surface area contributed by atoms with Crippen molar-refractivity contribution < 1.29 is 109 Å². The highest BCUT2D eigenvalue weighted by Crippen LogP contribution is 2.42. The van der Waals surface area contributed by atoms with E-state index in [9.17, 15) is 33.6 Å². The van der Waals surface area contributed by atoms with Gasteiger partial charge >= 0.3 is 0 Å². The standard InChI is InChI=1S/C50H23F19N4O5S/c51-27-23(28(52)36(60)41(65)35(27)59)19-10-1-3-12(70-10)20(24-29(53)37(61)42(66)38(62)30(24)54)14-5-7-16(72-14)22(26-33(57)44(68)49(45(69)34(26)58)79-50-48(77)47(76)46(75)18(9-74)78-50)17-8-6-15(73-17)21(13-4-2-11(19)71-13)25-31(55)39(63)43(67)40(64)32(25)56/h1-8,18,46-48,50,70-77H,9H2/t18-,46-,47+,48+,50-/m1/s1. The van der Waals surface area contributed by atoms with Crippen LogP contribution in [-0.2, 0) is 4.74 Å². The second-order valence-corrected chi connectivity index (χ2v) is 18.4. The highest BCUT2D eigenvalue weighted by atomic mass is 32.2. The number of fused-ring (bicyclic) bond motifs is 8. The van der Waals surface area contributed by atoms with Crippen LogP contribution in [0.2, 0.25) is 0 Å². The maximum absolute atomic E-state index is 16.9. The Balaban J connectivity index is 1.37. The number of rotatable bonds is 7. The first-order valence-corrected chi connectivity index (χ1v) is 22.9. The van der Waals surface area contributed by atoms with Gasteiger partial charge in [0.05, 0.1) is 33.8 Å². The van der Waals surface area contributed by atoms with Gasteiger partial charge < -0.3 is 45.1 Å². The van der Waals surface area contributed by atoms with Gasteiger partial charge in [-0.1, -0.05) is 11.8 Å². The molecule has 8 aromatic rings. The number of H-pyrrole nitrogens is 4. The smallest absolute Gasteiger partial charge is 0.200 e. The van der Waals surface area contributed by atoms with Gasteiger partial charge in [-0.2, -0.15) is 0 Å². The number of ether oxygens (including phenoxy) is 1. The Kier molecular flexibility index (Phi) is 13.8. The Bertz CT molecular complexity index is 4080. The molecule has 79 heavy (non-hydrogen) atoms. The molecule has 0 aliphatic carbocycles. The molecular formula is C50H23F19N4O5S. The summed E-state index contributed by atoms with van der Waals surface area (Å²) in [6.45, 7) is -1.08. The molecule has 0 radical (unpaired) electrons. The van der Waals surface area contributed by atoms with E-state index in [0.717, 1.165) is 0 Å². The number of thioether (sulfide) groups is 1. The van der Waals surface area contributed by atoms with Crippen molar-refractivity contribution in [2.45, 2.75) is 34.7 Å². The van der Waals surface area contributed by atoms with E-state index in [4.69, 9.17) is 4.74 Å². The molecule has 412 valence electrons. The molecule has 6 heterocycles. The minimum absolute atomic E-state index is 0.319. The normalized spacial score (nSPS) is 18.6. The quantitative estimate of drug-likeness (QED) is 0.0498. The Morgan fingerprint density at radius 3 is 0.848 bits per heavy atom. The maximum Gasteiger partial charge on any atom is 0.200 e. The lowest BCUT2D eigenvalue weighted by Crippen LogP contribution is -2.57. The predicted octanol–water partition coefficient (Wildman–Crippen LogP) is 6.84. The number of hydrogen-bond donors (Lipinski definition) is 8. The zero-order valence-electron chi connectivity index (χ0n) is 38.0. The first-order valence-electron chi connectivity index (χ1n) is 22.0. The van der Waals surface area contributed by atoms with Crippen LogP contribution in [0, 0.1) is 111 Å². The minimum Gasteiger partial charge on any atom is -0.394 e. The van der Waals surface area contributed by atoms with Crippen molar-refractivity contribution in [3.63, 3.8) is 0 Å². The van der Waals surface area contributed by atoms with Gasteiger partial charge in [0.15, 0.2) is 93.1 Å². The number of aliphatic hydroxyl groups excluding tert-OH is 4. The summed E-state index contributed by atoms with van der Waals surface area (Å²) in [5, 5.41) is 36.9. The molecule has 4 aromatic heterocycles. The van der Waals surface area contributed by atoms with E-state index in [1.807, 2.05) is 0 Å². The molecular weight excluding hydrogens is 1130 g/mol. The number of halogens is 19. The molecule has 8 bridgehead atoms. The van der Waals surface area contributed by atoms with Crippen molar-refractivity contribution in [2.75, 3.05) is 6.61 Å². The number of aromatic amines is 4. The van der Waals surface area contributed by atoms with E-state index < -0.39 is 241 Å². The van der Waals surface area contributed by atoms with Gasteiger partial charge in [-0.05, 0) is 48.5 Å². The fraction of sp³-hybridized carbons (Fsp3) is 0.120. The van der Waals surface area contributed by atoms with Crippen molar-refractivity contribution in [1.29, 1.82) is 0 Å². The van der Waals surface area contributed by atoms with Gasteiger partial charge in [-0.3, -0.25) is 0 Å². The van der Waals surface area contributed by atoms with Crippen molar-refractivity contribution in [3.05, 3.63) is 225 Å². The zero-order chi connectivity index (χ0) is 57.3. The van der Waals surface area contributed by atoms with Crippen LogP contribution >= 0.6 is 11.8 Å². The van der Waals surface area contributed by atoms with Crippen LogP contribution in [0.15, 0.2) is 53.4 Å². The highest BCUT2D eigenvalue weighted by Gasteiger charge is 2.45. The van der Waals surface area contributed by atoms with E-state index in [1.54, 1.807) is 0 Å². The number of aliphatic hydroxyl groups is 4. The molecule has 10 rings (SSSR count). The second-order valence-electron chi connectivity index (χ2n) is 17.3. The van der Waals surface area contributed by atoms with Gasteiger partial charge in [0.2, 0.25) is 17.5 Å². The molecule has 0 unspecified atom stereocenters. The monoisotopic (exact) mass is 1150 g/mol. The number of hydrogen-bond acceptors (Lipinski definition) is 6. The van der Waals surface area contributed by atoms with Crippen LogP contribution < -0.4 is 21.4 Å². The van der Waals surface area contributed by atoms with Crippen LogP contribution in [0.3, 0.4) is 0 Å². The zero-order valence-corrected chi connectivity index (χ0v) is 38.8. The Morgan fingerprint density at radius 1 is 0.329 bits per heavy atom. The molecule has 0 saturated carbocycles. The molecule has 0 spiro atoms. The van der Waals surface area contributed by atoms with Gasteiger partial charge in [0.25, 0.3) is 0 Å². The molecule has 0 amide bonds. The summed E-state index contributed by atoms with van der Waals surface area (Å²) in [7, 11) is 0. The van der Waals surface area contributed by atoms with Crippen molar-refractivity contribution in [1.82, 2.24) is 19.9 Å². The van der Waals surface area contributed by atoms with Crippen molar-refractivity contribution >= 4 is 34.1 Å². The first kappa shape index (κ1) is 54.6. The van der Waals surface area contributed by atoms with Gasteiger partial charge in [-0.25, -0.2) is 83.4 Å². The number of nitrogens with one attached hydrogen (secondary N) is 4. The summed E-state index contributed by atoms with van der Waals surface area (Å²) in [5.41, 5.74) is -18.0. The van der Waals surface area contributed by atoms with Crippen LogP contribution in [0.5, 0.6) is 0 Å². The summed E-state index contributed by atoms with van der Waals surface area (Å²) < 4.78 is 302. The van der Waals surface area contributed by atoms with E-state index >= 15 is 70.2 Å². The summed E-state index contributed by atoms with van der Waals surface area (Å²) in [4.78, 5) is 7.58. The molecule has 9 nitrogen and oxygen atoms in total. The summed E-state index contributed by atoms with van der Waals surface area (Å²) >= 11 is -0.319. The molecule has 2 aliphatic heterocycles. The Labute approximate surface area is 428 Å². The Morgan fingerprint density at radius 2 is 0.582 bits per heavy atom. The van der Waals surface area contributed by atoms with E-state index in [2.05, 4.69) is 19.9 Å². The summed E-state index contributed by atoms with van der Waals surface area (Å²) in [5.74, 6) is -49.0. The number of aromatic nitrogens is 4. The largest absolute Gasteiger partial charge is 0.394 e. The van der Waals surface area contributed by atoms with E-state index in [1.165, 1.54) is 0 Å². The second kappa shape index (κ2) is 19.9. The van der Waals surface area contributed by atoms with Crippen molar-refractivity contribution in [2.24, 2.45) is 0 Å². The molecule has 8 N–H and O–H groups in total. The molecule has 1 saturated heterocycles. The third-order valence-corrected chi connectivity index (χ3v) is 14.1. The lowest BCUT2D eigenvalue weighted by molar-refractivity contribution is -0.205. The maximum atomic E-state index is 16.9. The molecule has 1 fully saturated rings. The third kappa shape index (κ3) is 8.34. The minimum atomic E-state index is -2.72. The fourth-order valence-corrected chi connectivity index (χ4v) is 10.2. The van der Waals surface area contributed by atoms with E-state index in [0.29, 0.717) is 48.5 Å². The summed E-state index contributed by atoms with van der Waals surface area (Å²) in [6, 6.07) is 5.28. The van der Waals surface area contributed by atoms with Crippen LogP contribution in [0.1, 0.15) is 45.0 Å². The fourth-order valence-electron chi connectivity index (χ4n) is 9.09. The SMILES string of the molecule is OC[C@H]1O[C@H](Sc2c(F)c(F)c(C3=c4ccc([nH]4)=C(c4c(F)c(F)c(F)c(F)c4F)c4ccc([nH]4)C(c4c(F)c(F)c(F)c(F)c4F)=c4ccc([nH]4)=C(c4c(F)c(F)c(F)c(F)c4F)c4ccc3[nH]4)c(F)c2F)[C@@H](O)[C@@H](O)[C@@H]1O. The average Bonchev–Trinajstić information content (AvgIpc) is 4.37. The summed E-state index contributed by atoms with van der Waals surface area (Å²) in [6.07, 6.45) is -8.22. The van der Waals surface area contributed by atoms with Crippen LogP contribution in [0.4, 0.5) is 83.4 Å². The predicted molar refractivity (Wildman–Crippen MR) is 233 cm³/mol. The molecule has 4 aromatic carbocycles. The van der Waals surface area contributed by atoms with Crippen LogP contribution in [0.25, 0.3) is 22.3 Å². The molecule has 5 atom stereocenters. The van der Waals surface area contributed by atoms with Gasteiger partial charge in [0, 0.05) is 66.5 Å². The molecule has 2 aliphatic rings. The third-order valence-electron chi connectivity index (χ3n) is 12.8. The van der Waals surface area contributed by atoms with Crippen LogP contribution in [-0.4, -0.2) is 76.8 Å². The number of benzene rings is 4. The molecule has 29 heteroatoms. The van der Waals surface area contributed by atoms with Crippen molar-refractivity contribution in [3.8, 4) is 0 Å². The topological polar surface area (TPSA) is 153 Å².